The molecule has 0 saturated heterocycles. The molecule has 4 rings (SSSR count). The number of hydrogen-bond acceptors (Lipinski definition) is 1. The Balaban J connectivity index is 1.78. The summed E-state index contributed by atoms with van der Waals surface area (Å²) in [6.07, 6.45) is 1.84. The van der Waals surface area contributed by atoms with Gasteiger partial charge in [-0.05, 0) is 34.9 Å². The van der Waals surface area contributed by atoms with Crippen molar-refractivity contribution < 1.29 is 4.74 Å². The summed E-state index contributed by atoms with van der Waals surface area (Å²) in [7, 11) is 0. The molecule has 0 radical (unpaired) electrons. The number of ether oxygens (including phenoxy) is 1. The second-order valence-corrected chi connectivity index (χ2v) is 7.18. The quantitative estimate of drug-likeness (QED) is 0.240. The molecule has 142 valence electrons. The van der Waals surface area contributed by atoms with Gasteiger partial charge in [0.2, 0.25) is 0 Å². The zero-order chi connectivity index (χ0) is 19.9. The maximum atomic E-state index is 6.67. The summed E-state index contributed by atoms with van der Waals surface area (Å²) in [5, 5.41) is 0.712. The van der Waals surface area contributed by atoms with Crippen LogP contribution in [0.4, 0.5) is 0 Å². The number of rotatable bonds is 6. The highest BCUT2D eigenvalue weighted by Gasteiger charge is 2.18. The van der Waals surface area contributed by atoms with E-state index in [1.807, 2.05) is 78.9 Å². The van der Waals surface area contributed by atoms with Crippen LogP contribution in [0, 0.1) is 0 Å². The Morgan fingerprint density at radius 2 is 1.14 bits per heavy atom. The van der Waals surface area contributed by atoms with E-state index in [2.05, 4.69) is 42.5 Å². The van der Waals surface area contributed by atoms with Gasteiger partial charge in [0.15, 0.2) is 0 Å². The summed E-state index contributed by atoms with van der Waals surface area (Å²) >= 11 is 6.12. The highest BCUT2D eigenvalue weighted by Crippen LogP contribution is 2.33. The van der Waals surface area contributed by atoms with E-state index in [0.717, 1.165) is 28.0 Å². The minimum Gasteiger partial charge on any atom is -0.480 e. The van der Waals surface area contributed by atoms with Crippen molar-refractivity contribution >= 4 is 23.4 Å². The van der Waals surface area contributed by atoms with Crippen molar-refractivity contribution in [3.8, 4) is 0 Å². The molecule has 2 heteroatoms. The van der Waals surface area contributed by atoms with E-state index in [1.54, 1.807) is 0 Å². The van der Waals surface area contributed by atoms with Crippen molar-refractivity contribution in [1.29, 1.82) is 0 Å². The van der Waals surface area contributed by atoms with Gasteiger partial charge in [-0.15, -0.1) is 0 Å². The van der Waals surface area contributed by atoms with E-state index < -0.39 is 0 Å². The molecule has 0 aromatic heterocycles. The molecule has 1 nitrogen and oxygen atoms in total. The van der Waals surface area contributed by atoms with Crippen molar-refractivity contribution in [2.45, 2.75) is 6.10 Å². The second-order valence-electron chi connectivity index (χ2n) is 6.75. The van der Waals surface area contributed by atoms with Gasteiger partial charge in [-0.2, -0.15) is 0 Å². The van der Waals surface area contributed by atoms with Crippen LogP contribution in [0.5, 0.6) is 0 Å². The summed E-state index contributed by atoms with van der Waals surface area (Å²) in [5.41, 5.74) is 4.26. The van der Waals surface area contributed by atoms with E-state index in [-0.39, 0.29) is 6.10 Å². The fourth-order valence-electron chi connectivity index (χ4n) is 3.21. The van der Waals surface area contributed by atoms with Crippen molar-refractivity contribution in [1.82, 2.24) is 0 Å². The van der Waals surface area contributed by atoms with Crippen LogP contribution in [-0.2, 0) is 4.74 Å². The molecule has 0 saturated carbocycles. The van der Waals surface area contributed by atoms with Gasteiger partial charge in [0, 0.05) is 10.6 Å². The summed E-state index contributed by atoms with van der Waals surface area (Å²) in [6.45, 7) is 0. The molecule has 0 aliphatic carbocycles. The Labute approximate surface area is 176 Å². The summed E-state index contributed by atoms with van der Waals surface area (Å²) in [5.74, 6) is 0.820. The minimum atomic E-state index is -0.247. The Morgan fingerprint density at radius 1 is 0.621 bits per heavy atom. The molecule has 0 spiro atoms. The van der Waals surface area contributed by atoms with Crippen LogP contribution >= 0.6 is 11.6 Å². The summed E-state index contributed by atoms with van der Waals surface area (Å²) in [6, 6.07) is 38.5. The monoisotopic (exact) mass is 396 g/mol. The van der Waals surface area contributed by atoms with Crippen molar-refractivity contribution in [3.63, 3.8) is 0 Å². The molecule has 0 aliphatic heterocycles. The van der Waals surface area contributed by atoms with Crippen LogP contribution in [0.3, 0.4) is 0 Å². The lowest BCUT2D eigenvalue weighted by molar-refractivity contribution is 0.210. The van der Waals surface area contributed by atoms with Crippen molar-refractivity contribution in [3.05, 3.63) is 143 Å². The zero-order valence-electron chi connectivity index (χ0n) is 15.9. The standard InChI is InChI=1S/C27H21ClO/c28-25-18-16-24(17-19-25)27(23-14-8-3-9-15-23)29-26(22-12-6-2-7-13-22)20-21-10-4-1-5-11-21/h1-20,27H/b26-20-. The highest BCUT2D eigenvalue weighted by atomic mass is 35.5. The summed E-state index contributed by atoms with van der Waals surface area (Å²) in [4.78, 5) is 0. The van der Waals surface area contributed by atoms with E-state index >= 15 is 0 Å². The van der Waals surface area contributed by atoms with E-state index in [0.29, 0.717) is 5.02 Å². The fraction of sp³-hybridized carbons (Fsp3) is 0.0370. The third-order valence-corrected chi connectivity index (χ3v) is 4.93. The van der Waals surface area contributed by atoms with Gasteiger partial charge in [-0.3, -0.25) is 0 Å². The van der Waals surface area contributed by atoms with Gasteiger partial charge in [-0.25, -0.2) is 0 Å². The van der Waals surface area contributed by atoms with Gasteiger partial charge in [-0.1, -0.05) is 115 Å². The molecular formula is C27H21ClO. The minimum absolute atomic E-state index is 0.247. The molecule has 0 bridgehead atoms. The van der Waals surface area contributed by atoms with Crippen LogP contribution in [0.15, 0.2) is 115 Å². The average molecular weight is 397 g/mol. The molecule has 0 amide bonds. The molecule has 1 atom stereocenters. The van der Waals surface area contributed by atoms with Gasteiger partial charge in [0.05, 0.1) is 0 Å². The smallest absolute Gasteiger partial charge is 0.149 e. The predicted octanol–water partition coefficient (Wildman–Crippen LogP) is 7.64. The Bertz CT molecular complexity index is 1060. The third-order valence-electron chi connectivity index (χ3n) is 4.68. The highest BCUT2D eigenvalue weighted by molar-refractivity contribution is 6.30. The molecule has 0 fully saturated rings. The van der Waals surface area contributed by atoms with E-state index in [9.17, 15) is 0 Å². The second kappa shape index (κ2) is 9.27. The maximum Gasteiger partial charge on any atom is 0.149 e. The lowest BCUT2D eigenvalue weighted by atomic mass is 10.0. The zero-order valence-corrected chi connectivity index (χ0v) is 16.7. The van der Waals surface area contributed by atoms with E-state index in [4.69, 9.17) is 16.3 Å². The SMILES string of the molecule is Clc1ccc(C(O/C(=C\c2ccccc2)c2ccccc2)c2ccccc2)cc1. The van der Waals surface area contributed by atoms with Crippen LogP contribution in [0.2, 0.25) is 5.02 Å². The Hall–Kier alpha value is -3.29. The average Bonchev–Trinajstić information content (AvgIpc) is 2.79. The Kier molecular flexibility index (Phi) is 6.09. The first-order valence-corrected chi connectivity index (χ1v) is 9.96. The van der Waals surface area contributed by atoms with Gasteiger partial charge in [0.25, 0.3) is 0 Å². The molecule has 1 unspecified atom stereocenters. The van der Waals surface area contributed by atoms with Crippen LogP contribution in [0.25, 0.3) is 11.8 Å². The molecule has 0 heterocycles. The first kappa shape index (κ1) is 19.0. The van der Waals surface area contributed by atoms with E-state index in [1.165, 1.54) is 0 Å². The van der Waals surface area contributed by atoms with Gasteiger partial charge in [0.1, 0.15) is 11.9 Å². The van der Waals surface area contributed by atoms with Gasteiger partial charge < -0.3 is 4.74 Å². The molecule has 0 aliphatic rings. The molecule has 29 heavy (non-hydrogen) atoms. The first-order valence-electron chi connectivity index (χ1n) is 9.59. The fourth-order valence-corrected chi connectivity index (χ4v) is 3.34. The normalized spacial score (nSPS) is 12.4. The number of benzene rings is 4. The summed E-state index contributed by atoms with van der Waals surface area (Å²) < 4.78 is 6.67. The topological polar surface area (TPSA) is 9.23 Å². The molecule has 4 aromatic rings. The molecule has 0 N–H and O–H groups in total. The number of hydrogen-bond donors (Lipinski definition) is 0. The molecular weight excluding hydrogens is 376 g/mol. The van der Waals surface area contributed by atoms with Crippen molar-refractivity contribution in [2.75, 3.05) is 0 Å². The van der Waals surface area contributed by atoms with Crippen molar-refractivity contribution in [2.24, 2.45) is 0 Å². The van der Waals surface area contributed by atoms with Crippen LogP contribution in [-0.4, -0.2) is 0 Å². The number of halogens is 1. The Morgan fingerprint density at radius 3 is 1.76 bits per heavy atom. The van der Waals surface area contributed by atoms with Gasteiger partial charge >= 0.3 is 0 Å². The third kappa shape index (κ3) is 4.96. The maximum absolute atomic E-state index is 6.67. The van der Waals surface area contributed by atoms with Crippen LogP contribution < -0.4 is 0 Å². The largest absolute Gasteiger partial charge is 0.480 e. The van der Waals surface area contributed by atoms with Crippen LogP contribution in [0.1, 0.15) is 28.4 Å². The lowest BCUT2D eigenvalue weighted by Crippen LogP contribution is -2.06. The first-order chi connectivity index (χ1) is 14.3. The lowest BCUT2D eigenvalue weighted by Gasteiger charge is -2.22. The predicted molar refractivity (Wildman–Crippen MR) is 122 cm³/mol. The molecule has 4 aromatic carbocycles.